The van der Waals surface area contributed by atoms with E-state index in [4.69, 9.17) is 14.7 Å². The number of aryl methyl sites for hydroxylation is 2. The lowest BCUT2D eigenvalue weighted by atomic mass is 9.84. The zero-order valence-electron chi connectivity index (χ0n) is 23.9. The number of rotatable bonds is 11. The van der Waals surface area contributed by atoms with Gasteiger partial charge in [0.05, 0.1) is 24.6 Å². The maximum atomic E-state index is 5.56. The largest absolute Gasteiger partial charge is 0.379 e. The Kier molecular flexibility index (Phi) is 10.5. The van der Waals surface area contributed by atoms with E-state index in [-0.39, 0.29) is 0 Å². The molecule has 3 heterocycles. The van der Waals surface area contributed by atoms with Crippen molar-refractivity contribution in [1.29, 1.82) is 0 Å². The van der Waals surface area contributed by atoms with Gasteiger partial charge in [-0.05, 0) is 73.8 Å². The zero-order chi connectivity index (χ0) is 26.2. The Bertz CT molecular complexity index is 1020. The summed E-state index contributed by atoms with van der Waals surface area (Å²) in [7, 11) is 1.94. The number of nitrogens with one attached hydrogen (secondary N) is 1. The quantitative estimate of drug-likeness (QED) is 0.362. The summed E-state index contributed by atoms with van der Waals surface area (Å²) in [6.07, 6.45) is 5.96. The number of hydrogen-bond acceptors (Lipinski definition) is 5. The van der Waals surface area contributed by atoms with E-state index in [1.807, 2.05) is 7.05 Å². The van der Waals surface area contributed by atoms with E-state index in [0.717, 1.165) is 61.2 Å². The van der Waals surface area contributed by atoms with E-state index in [1.54, 1.807) is 0 Å². The van der Waals surface area contributed by atoms with Crippen molar-refractivity contribution < 1.29 is 4.74 Å². The van der Waals surface area contributed by atoms with E-state index in [9.17, 15) is 0 Å². The number of hydrogen-bond donors (Lipinski definition) is 1. The number of nitrogens with zero attached hydrogens (tertiary/aromatic N) is 3. The Labute approximate surface area is 219 Å². The van der Waals surface area contributed by atoms with Gasteiger partial charge in [0, 0.05) is 37.9 Å². The second-order valence-electron chi connectivity index (χ2n) is 10.7. The maximum absolute atomic E-state index is 5.56. The number of allylic oxidation sites excluding steroid dienone is 2. The molecule has 0 aromatic carbocycles. The molecule has 1 N–H and O–H groups in total. The number of ether oxygens (including phenoxy) is 1. The maximum Gasteiger partial charge on any atom is 0.135 e. The average molecular weight is 493 g/mol. The molecule has 36 heavy (non-hydrogen) atoms. The van der Waals surface area contributed by atoms with Crippen LogP contribution in [0.1, 0.15) is 82.3 Å². The molecular formula is C31H48N4O. The summed E-state index contributed by atoms with van der Waals surface area (Å²) in [6, 6.07) is 6.58. The van der Waals surface area contributed by atoms with Crippen LogP contribution in [-0.4, -0.2) is 54.8 Å². The lowest BCUT2D eigenvalue weighted by molar-refractivity contribution is 0.0251. The SMILES string of the molecule is CCC(C/C=C(/C)c1nc(-c2ccc(C(C)C)nc2NC)c(C)cc1C)[C@H](CC)CN1CCOCC1. The molecule has 5 heteroatoms. The Morgan fingerprint density at radius 3 is 2.36 bits per heavy atom. The smallest absolute Gasteiger partial charge is 0.135 e. The molecule has 0 bridgehead atoms. The average Bonchev–Trinajstić information content (AvgIpc) is 2.88. The molecule has 2 atom stereocenters. The van der Waals surface area contributed by atoms with Crippen LogP contribution in [0.3, 0.4) is 0 Å². The van der Waals surface area contributed by atoms with E-state index >= 15 is 0 Å². The summed E-state index contributed by atoms with van der Waals surface area (Å²) < 4.78 is 5.56. The molecule has 3 rings (SSSR count). The third-order valence-electron chi connectivity index (χ3n) is 7.82. The highest BCUT2D eigenvalue weighted by molar-refractivity contribution is 5.77. The molecule has 2 aromatic rings. The van der Waals surface area contributed by atoms with Gasteiger partial charge in [0.2, 0.25) is 0 Å². The molecule has 5 nitrogen and oxygen atoms in total. The van der Waals surface area contributed by atoms with Crippen LogP contribution in [0.5, 0.6) is 0 Å². The van der Waals surface area contributed by atoms with Gasteiger partial charge >= 0.3 is 0 Å². The minimum absolute atomic E-state index is 0.390. The predicted octanol–water partition coefficient (Wildman–Crippen LogP) is 7.10. The fourth-order valence-corrected chi connectivity index (χ4v) is 5.44. The van der Waals surface area contributed by atoms with Gasteiger partial charge in [-0.25, -0.2) is 9.97 Å². The van der Waals surface area contributed by atoms with Crippen molar-refractivity contribution >= 4 is 11.4 Å². The van der Waals surface area contributed by atoms with Gasteiger partial charge in [-0.2, -0.15) is 0 Å². The van der Waals surface area contributed by atoms with Gasteiger partial charge in [-0.15, -0.1) is 0 Å². The monoisotopic (exact) mass is 492 g/mol. The molecule has 0 radical (unpaired) electrons. The first-order chi connectivity index (χ1) is 17.3. The lowest BCUT2D eigenvalue weighted by Crippen LogP contribution is -2.40. The summed E-state index contributed by atoms with van der Waals surface area (Å²) in [5.41, 5.74) is 7.96. The third kappa shape index (κ3) is 6.95. The number of pyridine rings is 2. The Hall–Kier alpha value is -2.24. The molecule has 1 fully saturated rings. The van der Waals surface area contributed by atoms with Crippen LogP contribution < -0.4 is 5.32 Å². The molecule has 1 saturated heterocycles. The predicted molar refractivity (Wildman–Crippen MR) is 154 cm³/mol. The van der Waals surface area contributed by atoms with E-state index in [0.29, 0.717) is 17.8 Å². The lowest BCUT2D eigenvalue weighted by Gasteiger charge is -2.33. The van der Waals surface area contributed by atoms with Crippen LogP contribution in [0, 0.1) is 25.7 Å². The van der Waals surface area contributed by atoms with Gasteiger partial charge < -0.3 is 10.1 Å². The van der Waals surface area contributed by atoms with Crippen molar-refractivity contribution in [3.05, 3.63) is 46.8 Å². The first-order valence-electron chi connectivity index (χ1n) is 13.9. The highest BCUT2D eigenvalue weighted by Gasteiger charge is 2.22. The molecule has 0 spiro atoms. The van der Waals surface area contributed by atoms with Crippen molar-refractivity contribution in [2.24, 2.45) is 11.8 Å². The molecule has 198 valence electrons. The highest BCUT2D eigenvalue weighted by Crippen LogP contribution is 2.33. The standard InChI is InChI=1S/C31H48N4O/c1-9-25(26(10-2)20-35-15-17-36-18-16-35)12-11-22(5)29-23(6)19-24(7)30(34-29)27-13-14-28(21(3)4)33-31(27)32-8/h11,13-14,19,21,25-26H,9-10,12,15-18,20H2,1-8H3,(H,32,33)/b22-11-/t25?,26-/m1/s1. The van der Waals surface area contributed by atoms with E-state index in [1.165, 1.54) is 36.1 Å². The summed E-state index contributed by atoms with van der Waals surface area (Å²) >= 11 is 0. The van der Waals surface area contributed by atoms with Crippen molar-refractivity contribution in [2.75, 3.05) is 45.2 Å². The van der Waals surface area contributed by atoms with Crippen molar-refractivity contribution in [3.63, 3.8) is 0 Å². The van der Waals surface area contributed by atoms with Crippen molar-refractivity contribution in [3.8, 4) is 11.3 Å². The Balaban J connectivity index is 1.85. The summed E-state index contributed by atoms with van der Waals surface area (Å²) in [4.78, 5) is 12.7. The molecule has 0 aliphatic carbocycles. The fraction of sp³-hybridized carbons (Fsp3) is 0.613. The topological polar surface area (TPSA) is 50.3 Å². The molecule has 0 saturated carbocycles. The minimum atomic E-state index is 0.390. The minimum Gasteiger partial charge on any atom is -0.379 e. The fourth-order valence-electron chi connectivity index (χ4n) is 5.44. The van der Waals surface area contributed by atoms with Crippen molar-refractivity contribution in [1.82, 2.24) is 14.9 Å². The molecule has 1 unspecified atom stereocenters. The molecule has 1 aliphatic rings. The third-order valence-corrected chi connectivity index (χ3v) is 7.82. The van der Waals surface area contributed by atoms with Gasteiger partial charge in [0.1, 0.15) is 5.82 Å². The van der Waals surface area contributed by atoms with Crippen LogP contribution in [0.4, 0.5) is 5.82 Å². The summed E-state index contributed by atoms with van der Waals surface area (Å²) in [6.45, 7) is 20.7. The van der Waals surface area contributed by atoms with Crippen molar-refractivity contribution in [2.45, 2.75) is 73.6 Å². The first kappa shape index (κ1) is 28.3. The van der Waals surface area contributed by atoms with E-state index < -0.39 is 0 Å². The van der Waals surface area contributed by atoms with Crippen LogP contribution in [0.15, 0.2) is 24.3 Å². The Morgan fingerprint density at radius 1 is 1.06 bits per heavy atom. The molecule has 2 aromatic heterocycles. The van der Waals surface area contributed by atoms with E-state index in [2.05, 4.69) is 83.0 Å². The Morgan fingerprint density at radius 2 is 1.75 bits per heavy atom. The second-order valence-corrected chi connectivity index (χ2v) is 10.7. The molecular weight excluding hydrogens is 444 g/mol. The van der Waals surface area contributed by atoms with Gasteiger partial charge in [-0.3, -0.25) is 4.90 Å². The summed E-state index contributed by atoms with van der Waals surface area (Å²) in [5, 5.41) is 3.30. The first-order valence-corrected chi connectivity index (χ1v) is 13.9. The molecule has 1 aliphatic heterocycles. The van der Waals surface area contributed by atoms with Gasteiger partial charge in [0.25, 0.3) is 0 Å². The number of morpholine rings is 1. The normalized spacial score (nSPS) is 16.9. The summed E-state index contributed by atoms with van der Waals surface area (Å²) in [5.74, 6) is 2.68. The van der Waals surface area contributed by atoms with Gasteiger partial charge in [0.15, 0.2) is 0 Å². The highest BCUT2D eigenvalue weighted by atomic mass is 16.5. The van der Waals surface area contributed by atoms with Gasteiger partial charge in [-0.1, -0.05) is 52.7 Å². The molecule has 0 amide bonds. The van der Waals surface area contributed by atoms with Crippen LogP contribution in [0.25, 0.3) is 16.8 Å². The van der Waals surface area contributed by atoms with Crippen LogP contribution in [0.2, 0.25) is 0 Å². The van der Waals surface area contributed by atoms with Crippen LogP contribution >= 0.6 is 0 Å². The zero-order valence-corrected chi connectivity index (χ0v) is 23.9. The number of aromatic nitrogens is 2. The number of anilines is 1. The second kappa shape index (κ2) is 13.3. The van der Waals surface area contributed by atoms with Crippen LogP contribution in [-0.2, 0) is 4.74 Å².